The van der Waals surface area contributed by atoms with Gasteiger partial charge >= 0.3 is 11.9 Å². The number of nitrogens with zero attached hydrogens (tertiary/aromatic N) is 1. The smallest absolute Gasteiger partial charge is 0.338 e. The van der Waals surface area contributed by atoms with Crippen molar-refractivity contribution in [1.29, 1.82) is 0 Å². The number of non-ortho nitro benzene ring substituents is 1. The molecule has 5 rings (SSSR count). The van der Waals surface area contributed by atoms with Gasteiger partial charge in [-0.2, -0.15) is 0 Å². The Morgan fingerprint density at radius 1 is 1.07 bits per heavy atom. The molecule has 1 aromatic carbocycles. The molecule has 0 saturated heterocycles. The third-order valence-electron chi connectivity index (χ3n) is 12.2. The summed E-state index contributed by atoms with van der Waals surface area (Å²) < 4.78 is 11.0. The van der Waals surface area contributed by atoms with Crippen LogP contribution in [0.3, 0.4) is 0 Å². The average molecular weight is 586 g/mol. The maximum atomic E-state index is 12.8. The minimum absolute atomic E-state index is 0.0594. The van der Waals surface area contributed by atoms with Crippen molar-refractivity contribution in [3.8, 4) is 0 Å². The van der Waals surface area contributed by atoms with Crippen molar-refractivity contribution < 1.29 is 34.2 Å². The van der Waals surface area contributed by atoms with Gasteiger partial charge in [-0.25, -0.2) is 4.79 Å². The second-order valence-corrected chi connectivity index (χ2v) is 14.0. The van der Waals surface area contributed by atoms with Crippen molar-refractivity contribution >= 4 is 17.6 Å². The van der Waals surface area contributed by atoms with Crippen molar-refractivity contribution in [2.45, 2.75) is 104 Å². The van der Waals surface area contributed by atoms with Gasteiger partial charge in [-0.05, 0) is 117 Å². The Hall–Kier alpha value is -2.52. The molecule has 4 fully saturated rings. The fraction of sp³-hybridized carbons (Fsp3) is 0.758. The van der Waals surface area contributed by atoms with Crippen molar-refractivity contribution in [2.24, 2.45) is 46.3 Å². The lowest BCUT2D eigenvalue weighted by atomic mass is 9.43. The number of hydrogen-bond acceptors (Lipinski definition) is 8. The first kappa shape index (κ1) is 30.9. The molecule has 42 heavy (non-hydrogen) atoms. The maximum Gasteiger partial charge on any atom is 0.338 e. The van der Waals surface area contributed by atoms with E-state index < -0.39 is 23.1 Å². The number of aliphatic hydroxyl groups is 2. The van der Waals surface area contributed by atoms with Crippen LogP contribution >= 0.6 is 0 Å². The van der Waals surface area contributed by atoms with E-state index in [0.29, 0.717) is 43.8 Å². The normalized spacial score (nSPS) is 39.8. The summed E-state index contributed by atoms with van der Waals surface area (Å²) in [5, 5.41) is 34.4. The first-order chi connectivity index (χ1) is 19.9. The van der Waals surface area contributed by atoms with Crippen LogP contribution in [0, 0.1) is 56.5 Å². The fourth-order valence-corrected chi connectivity index (χ4v) is 9.94. The highest BCUT2D eigenvalue weighted by atomic mass is 16.6. The Morgan fingerprint density at radius 3 is 2.45 bits per heavy atom. The second kappa shape index (κ2) is 11.9. The van der Waals surface area contributed by atoms with Gasteiger partial charge in [0.15, 0.2) is 0 Å². The van der Waals surface area contributed by atoms with Crippen molar-refractivity contribution in [1.82, 2.24) is 0 Å². The Balaban J connectivity index is 1.27. The molecule has 0 radical (unpaired) electrons. The van der Waals surface area contributed by atoms with Gasteiger partial charge in [0.2, 0.25) is 0 Å². The summed E-state index contributed by atoms with van der Waals surface area (Å²) in [5.74, 6) is 0.650. The predicted molar refractivity (Wildman–Crippen MR) is 155 cm³/mol. The number of rotatable bonds is 8. The van der Waals surface area contributed by atoms with E-state index in [4.69, 9.17) is 9.47 Å². The Labute approximate surface area is 248 Å². The summed E-state index contributed by atoms with van der Waals surface area (Å²) in [6.07, 6.45) is 5.48. The van der Waals surface area contributed by atoms with Crippen molar-refractivity contribution in [2.75, 3.05) is 6.61 Å². The zero-order valence-corrected chi connectivity index (χ0v) is 25.4. The highest BCUT2D eigenvalue weighted by Gasteiger charge is 2.65. The van der Waals surface area contributed by atoms with Crippen LogP contribution in [-0.2, 0) is 14.3 Å². The molecule has 0 unspecified atom stereocenters. The molecule has 0 amide bonds. The molecule has 1 aromatic rings. The van der Waals surface area contributed by atoms with Gasteiger partial charge in [0, 0.05) is 18.6 Å². The Morgan fingerprint density at radius 2 is 1.79 bits per heavy atom. The third-order valence-corrected chi connectivity index (χ3v) is 12.2. The van der Waals surface area contributed by atoms with Crippen LogP contribution in [0.2, 0.25) is 0 Å². The van der Waals surface area contributed by atoms with Crippen LogP contribution in [0.4, 0.5) is 5.69 Å². The molecule has 2 N–H and O–H groups in total. The van der Waals surface area contributed by atoms with Gasteiger partial charge in [-0.3, -0.25) is 14.9 Å². The summed E-state index contributed by atoms with van der Waals surface area (Å²) in [5.41, 5.74) is -0.136. The molecule has 232 valence electrons. The van der Waals surface area contributed by atoms with E-state index in [1.165, 1.54) is 24.3 Å². The zero-order valence-electron chi connectivity index (χ0n) is 25.4. The third kappa shape index (κ3) is 5.36. The quantitative estimate of drug-likeness (QED) is 0.225. The van der Waals surface area contributed by atoms with Gasteiger partial charge in [0.05, 0.1) is 29.3 Å². The molecule has 11 atom stereocenters. The monoisotopic (exact) mass is 585 g/mol. The van der Waals surface area contributed by atoms with E-state index in [2.05, 4.69) is 20.8 Å². The molecule has 4 aliphatic carbocycles. The molecular weight excluding hydrogens is 538 g/mol. The molecule has 0 aliphatic heterocycles. The molecule has 4 saturated carbocycles. The number of benzene rings is 1. The van der Waals surface area contributed by atoms with Gasteiger partial charge in [-0.15, -0.1) is 0 Å². The number of ether oxygens (including phenoxy) is 2. The van der Waals surface area contributed by atoms with Gasteiger partial charge in [-0.1, -0.05) is 20.8 Å². The highest BCUT2D eigenvalue weighted by Crippen LogP contribution is 2.68. The summed E-state index contributed by atoms with van der Waals surface area (Å²) in [6.45, 7) is 8.95. The van der Waals surface area contributed by atoms with E-state index in [1.54, 1.807) is 0 Å². The SMILES string of the molecule is CCOC(=O)CC[C@@H](C)[C@H]1CC[C@H]2[C@@H]3[C@H](O)C[C@@H]4C[C@@H](OC(=O)c5ccc([N+](=O)[O-])cc5)CC[C@]4(C)[C@H]3C[C@H](O)[C@]12C. The predicted octanol–water partition coefficient (Wildman–Crippen LogP) is 5.70. The molecule has 4 aliphatic rings. The van der Waals surface area contributed by atoms with Crippen molar-refractivity contribution in [3.05, 3.63) is 39.9 Å². The summed E-state index contributed by atoms with van der Waals surface area (Å²) in [7, 11) is 0. The lowest BCUT2D eigenvalue weighted by Gasteiger charge is -2.63. The molecule has 0 aromatic heterocycles. The van der Waals surface area contributed by atoms with Gasteiger partial charge in [0.1, 0.15) is 6.10 Å². The largest absolute Gasteiger partial charge is 0.466 e. The van der Waals surface area contributed by atoms with E-state index in [0.717, 1.165) is 32.1 Å². The molecular formula is C33H47NO8. The van der Waals surface area contributed by atoms with E-state index in [1.807, 2.05) is 6.92 Å². The molecule has 9 heteroatoms. The summed E-state index contributed by atoms with van der Waals surface area (Å²) in [4.78, 5) is 35.3. The lowest BCUT2D eigenvalue weighted by Crippen LogP contribution is -2.62. The van der Waals surface area contributed by atoms with Crippen LogP contribution in [0.15, 0.2) is 24.3 Å². The van der Waals surface area contributed by atoms with Crippen LogP contribution in [-0.4, -0.2) is 52.0 Å². The van der Waals surface area contributed by atoms with Crippen LogP contribution in [0.25, 0.3) is 0 Å². The number of hydrogen-bond donors (Lipinski definition) is 2. The minimum atomic E-state index is -0.498. The van der Waals surface area contributed by atoms with E-state index in [9.17, 15) is 29.9 Å². The van der Waals surface area contributed by atoms with E-state index >= 15 is 0 Å². The minimum Gasteiger partial charge on any atom is -0.466 e. The number of fused-ring (bicyclic) bond motifs is 5. The lowest BCUT2D eigenvalue weighted by molar-refractivity contribution is -0.384. The van der Waals surface area contributed by atoms with Crippen LogP contribution < -0.4 is 0 Å². The molecule has 9 nitrogen and oxygen atoms in total. The second-order valence-electron chi connectivity index (χ2n) is 14.0. The Bertz CT molecular complexity index is 1170. The first-order valence-electron chi connectivity index (χ1n) is 15.9. The number of carbonyl (C=O) groups is 2. The van der Waals surface area contributed by atoms with Crippen LogP contribution in [0.5, 0.6) is 0 Å². The standard InChI is InChI=1S/C33H47NO8/c1-5-41-29(37)13-6-19(2)24-11-12-25-30-26(18-28(36)33(24,25)4)32(3)15-14-23(16-21(32)17-27(30)35)42-31(38)20-7-9-22(10-8-20)34(39)40/h7-10,19,21,23-28,30,35-36H,5-6,11-18H2,1-4H3/t19-,21+,23+,24-,25+,26+,27-,28+,30+,32+,33-/m1/s1. The number of esters is 2. The topological polar surface area (TPSA) is 136 Å². The van der Waals surface area contributed by atoms with Crippen LogP contribution in [0.1, 0.15) is 95.8 Å². The van der Waals surface area contributed by atoms with E-state index in [-0.39, 0.29) is 58.2 Å². The Kier molecular flexibility index (Phi) is 8.74. The number of nitro groups is 1. The fourth-order valence-electron chi connectivity index (χ4n) is 9.94. The highest BCUT2D eigenvalue weighted by molar-refractivity contribution is 5.89. The van der Waals surface area contributed by atoms with Gasteiger partial charge in [0.25, 0.3) is 5.69 Å². The number of nitro benzene ring substituents is 1. The zero-order chi connectivity index (χ0) is 30.4. The number of aliphatic hydroxyl groups excluding tert-OH is 2. The summed E-state index contributed by atoms with van der Waals surface area (Å²) >= 11 is 0. The molecule has 0 bridgehead atoms. The average Bonchev–Trinajstić information content (AvgIpc) is 3.31. The molecule has 0 heterocycles. The maximum absolute atomic E-state index is 12.8. The summed E-state index contributed by atoms with van der Waals surface area (Å²) in [6, 6.07) is 5.47. The molecule has 0 spiro atoms. The number of carbonyl (C=O) groups excluding carboxylic acids is 2. The van der Waals surface area contributed by atoms with Gasteiger partial charge < -0.3 is 19.7 Å². The van der Waals surface area contributed by atoms with Crippen molar-refractivity contribution in [3.63, 3.8) is 0 Å². The first-order valence-corrected chi connectivity index (χ1v) is 15.9.